The van der Waals surface area contributed by atoms with Crippen LogP contribution in [0.25, 0.3) is 0 Å². The van der Waals surface area contributed by atoms with Gasteiger partial charge in [0.2, 0.25) is 35.4 Å². The van der Waals surface area contributed by atoms with Crippen molar-refractivity contribution in [3.63, 3.8) is 0 Å². The van der Waals surface area contributed by atoms with Crippen LogP contribution in [0.1, 0.15) is 173 Å². The van der Waals surface area contributed by atoms with E-state index >= 15 is 0 Å². The second-order valence-electron chi connectivity index (χ2n) is 28.3. The average molecular weight is 1390 g/mol. The first-order chi connectivity index (χ1) is 49.9. The number of nitrogens with zero attached hydrogens (tertiary/aromatic N) is 8. The van der Waals surface area contributed by atoms with E-state index in [0.717, 1.165) is 75.3 Å². The number of nitrogens with one attached hydrogen (secondary N) is 8. The van der Waals surface area contributed by atoms with E-state index in [1.807, 2.05) is 133 Å². The second kappa shape index (κ2) is 37.3. The minimum absolute atomic E-state index is 0.100. The van der Waals surface area contributed by atoms with Gasteiger partial charge in [0.15, 0.2) is 0 Å². The number of amides is 6. The summed E-state index contributed by atoms with van der Waals surface area (Å²) in [5, 5.41) is 44.5. The number of hydrogen-bond acceptors (Lipinski definition) is 14. The van der Waals surface area contributed by atoms with E-state index in [0.29, 0.717) is 102 Å². The van der Waals surface area contributed by atoms with Crippen LogP contribution in [-0.4, -0.2) is 151 Å². The van der Waals surface area contributed by atoms with Gasteiger partial charge in [-0.3, -0.25) is 38.1 Å². The predicted molar refractivity (Wildman–Crippen MR) is 394 cm³/mol. The number of fused-ring (bicyclic) bond motifs is 2. The highest BCUT2D eigenvalue weighted by Crippen LogP contribution is 2.38. The van der Waals surface area contributed by atoms with Crippen LogP contribution in [0, 0.1) is 11.8 Å². The Kier molecular flexibility index (Phi) is 27.1. The molecule has 4 fully saturated rings. The summed E-state index contributed by atoms with van der Waals surface area (Å²) >= 11 is 0. The smallest absolute Gasteiger partial charge is 0.246 e. The van der Waals surface area contributed by atoms with E-state index in [2.05, 4.69) is 112 Å². The maximum atomic E-state index is 14.9. The number of benzene rings is 5. The van der Waals surface area contributed by atoms with Crippen molar-refractivity contribution < 1.29 is 28.8 Å². The van der Waals surface area contributed by atoms with E-state index < -0.39 is 48.3 Å². The zero-order valence-corrected chi connectivity index (χ0v) is 59.9. The fraction of sp³-hybridized carbons (Fsp3) is 0.500. The molecule has 22 heteroatoms. The third-order valence-corrected chi connectivity index (χ3v) is 21.6. The van der Waals surface area contributed by atoms with Gasteiger partial charge in [0, 0.05) is 38.3 Å². The Morgan fingerprint density at radius 3 is 1.21 bits per heavy atom. The molecule has 5 aromatic carbocycles. The fourth-order valence-corrected chi connectivity index (χ4v) is 15.8. The van der Waals surface area contributed by atoms with Crippen LogP contribution < -0.4 is 42.5 Å². The third kappa shape index (κ3) is 19.4. The molecule has 4 aliphatic rings. The number of carbonyl (C=O) groups is 6. The highest BCUT2D eigenvalue weighted by atomic mass is 16.2. The van der Waals surface area contributed by atoms with Crippen molar-refractivity contribution in [1.82, 2.24) is 82.3 Å². The lowest BCUT2D eigenvalue weighted by molar-refractivity contribution is -0.144. The molecule has 0 unspecified atom stereocenters. The largest absolute Gasteiger partial charge is 0.343 e. The van der Waals surface area contributed by atoms with Gasteiger partial charge in [-0.1, -0.05) is 170 Å². The number of hydrogen-bond donors (Lipinski definition) is 8. The van der Waals surface area contributed by atoms with Crippen molar-refractivity contribution in [2.45, 2.75) is 216 Å². The summed E-state index contributed by atoms with van der Waals surface area (Å²) in [6, 6.07) is 43.7. The van der Waals surface area contributed by atoms with Crippen LogP contribution in [0.3, 0.4) is 0 Å². The summed E-state index contributed by atoms with van der Waals surface area (Å²) in [5.41, 5.74) is 7.85. The van der Waals surface area contributed by atoms with Gasteiger partial charge in [-0.05, 0) is 188 Å². The highest BCUT2D eigenvalue weighted by molar-refractivity contribution is 5.95. The van der Waals surface area contributed by atoms with Gasteiger partial charge in [-0.15, -0.1) is 10.2 Å². The van der Waals surface area contributed by atoms with E-state index in [1.165, 1.54) is 22.3 Å². The molecule has 102 heavy (non-hydrogen) atoms. The van der Waals surface area contributed by atoms with Gasteiger partial charge in [-0.2, -0.15) is 0 Å². The van der Waals surface area contributed by atoms with Crippen molar-refractivity contribution in [2.24, 2.45) is 11.8 Å². The molecule has 22 nitrogen and oxygen atoms in total. The Bertz CT molecular complexity index is 3530. The molecular weight excluding hydrogens is 1280 g/mol. The predicted octanol–water partition coefficient (Wildman–Crippen LogP) is 8.19. The van der Waals surface area contributed by atoms with Crippen molar-refractivity contribution in [1.29, 1.82) is 0 Å². The molecule has 12 atom stereocenters. The molecule has 6 amide bonds. The van der Waals surface area contributed by atoms with Crippen LogP contribution in [0.2, 0.25) is 0 Å². The SMILES string of the molecule is CC[C@H](NC)C(=O)N[C@@H]1C(=O)N2[C@@H](CC[C@@H]1CCNCc1ccccc1)CC[C@H]2C(=O)N[C@@H](c1ccccc1)c1cn(CCCCc2ccc(CCCCn3cc([C@@H](NC(=O)[C@@H]4CC[C@@H]5CC[C@H](CCNCc6ccccc6)[C@H](NC(=O)[C@H](CC)NC)C(=O)N54)c4ccccc4)nn3)cc2)nn1. The first-order valence-electron chi connectivity index (χ1n) is 37.6. The minimum Gasteiger partial charge on any atom is -0.343 e. The number of aryl methyl sites for hydroxylation is 4. The average Bonchev–Trinajstić information content (AvgIpc) is 1.63. The monoisotopic (exact) mass is 1390 g/mol. The van der Waals surface area contributed by atoms with Crippen molar-refractivity contribution in [3.8, 4) is 0 Å². The van der Waals surface area contributed by atoms with Crippen LogP contribution in [0.15, 0.2) is 158 Å². The van der Waals surface area contributed by atoms with E-state index in [1.54, 1.807) is 23.9 Å². The van der Waals surface area contributed by atoms with Gasteiger partial charge >= 0.3 is 0 Å². The Morgan fingerprint density at radius 2 is 0.833 bits per heavy atom. The molecule has 0 saturated carbocycles. The van der Waals surface area contributed by atoms with Gasteiger partial charge in [0.1, 0.15) is 35.6 Å². The maximum absolute atomic E-state index is 14.9. The summed E-state index contributed by atoms with van der Waals surface area (Å²) < 4.78 is 3.70. The Balaban J connectivity index is 0.646. The zero-order chi connectivity index (χ0) is 71.2. The lowest BCUT2D eigenvalue weighted by Gasteiger charge is -2.33. The van der Waals surface area contributed by atoms with Crippen LogP contribution >= 0.6 is 0 Å². The van der Waals surface area contributed by atoms with Crippen LogP contribution in [0.5, 0.6) is 0 Å². The summed E-state index contributed by atoms with van der Waals surface area (Å²) in [5.74, 6) is -1.49. The quantitative estimate of drug-likeness (QED) is 0.0172. The van der Waals surface area contributed by atoms with Crippen molar-refractivity contribution in [3.05, 3.63) is 203 Å². The standard InChI is InChI=1S/C80H106N16O6/c1-5-65(81-3)75(97)87-73-61(45-47-83-51-57-25-11-7-12-26-57)37-39-63-41-43-69(95(63)79(73)101)77(99)85-71(59-29-15-9-16-30-59)67-53-93(91-89-67)49-21-19-23-55-33-35-56(36-34-55)24-20-22-50-94-54-68(90-92-94)72(60-31-17-10-18-32-60)86-78(100)70-44-42-64-40-38-62(46-48-84-52-58-27-13-8-14-28-58)74(80(102)96(64)70)88-76(98)66(6-2)82-4/h7-18,25-36,53-54,61-66,69-74,81-84H,5-6,19-24,37-52H2,1-4H3,(H,85,99)(H,86,100)(H,87,97)(H,88,98)/t61-,62-,63+,64+,65+,66+,69+,70+,71+,72+,73+,74+/m1/s1. The summed E-state index contributed by atoms with van der Waals surface area (Å²) in [6.45, 7) is 7.99. The number of carbonyl (C=O) groups excluding carboxylic acids is 6. The van der Waals surface area contributed by atoms with Gasteiger partial charge in [-0.25, -0.2) is 0 Å². The Hall–Kier alpha value is -8.96. The van der Waals surface area contributed by atoms with E-state index in [9.17, 15) is 28.8 Å². The Morgan fingerprint density at radius 1 is 0.461 bits per heavy atom. The lowest BCUT2D eigenvalue weighted by Crippen LogP contribution is -2.58. The molecule has 0 spiro atoms. The zero-order valence-electron chi connectivity index (χ0n) is 59.9. The molecule has 2 aromatic heterocycles. The van der Waals surface area contributed by atoms with Crippen molar-refractivity contribution in [2.75, 3.05) is 27.2 Å². The topological polar surface area (TPSA) is 267 Å². The molecule has 11 rings (SSSR count). The second-order valence-corrected chi connectivity index (χ2v) is 28.3. The molecule has 4 aliphatic heterocycles. The minimum atomic E-state index is -0.760. The molecule has 0 bridgehead atoms. The molecule has 0 radical (unpaired) electrons. The lowest BCUT2D eigenvalue weighted by atomic mass is 9.90. The van der Waals surface area contributed by atoms with Crippen LogP contribution in [0.4, 0.5) is 0 Å². The third-order valence-electron chi connectivity index (χ3n) is 21.6. The summed E-state index contributed by atoms with van der Waals surface area (Å²) in [6.07, 6.45) is 17.4. The number of rotatable bonds is 36. The van der Waals surface area contributed by atoms with E-state index in [4.69, 9.17) is 0 Å². The van der Waals surface area contributed by atoms with Crippen molar-refractivity contribution >= 4 is 35.4 Å². The number of likely N-dealkylation sites (N-methyl/N-ethyl adjacent to an activating group) is 2. The molecular formula is C80H106N16O6. The number of unbranched alkanes of at least 4 members (excludes halogenated alkanes) is 2. The fourth-order valence-electron chi connectivity index (χ4n) is 15.8. The summed E-state index contributed by atoms with van der Waals surface area (Å²) in [7, 11) is 3.52. The molecule has 6 heterocycles. The maximum Gasteiger partial charge on any atom is 0.246 e. The van der Waals surface area contributed by atoms with Gasteiger partial charge < -0.3 is 52.3 Å². The molecule has 8 N–H and O–H groups in total. The normalized spacial score (nSPS) is 21.6. The first kappa shape index (κ1) is 74.2. The number of aromatic nitrogens is 6. The molecule has 542 valence electrons. The molecule has 7 aromatic rings. The molecule has 4 saturated heterocycles. The highest BCUT2D eigenvalue weighted by Gasteiger charge is 2.50. The van der Waals surface area contributed by atoms with Crippen LogP contribution in [-0.2, 0) is 67.8 Å². The summed E-state index contributed by atoms with van der Waals surface area (Å²) in [4.78, 5) is 90.2. The van der Waals surface area contributed by atoms with E-state index in [-0.39, 0.29) is 59.4 Å². The van der Waals surface area contributed by atoms with Gasteiger partial charge in [0.25, 0.3) is 0 Å². The first-order valence-corrected chi connectivity index (χ1v) is 37.6. The Labute approximate surface area is 601 Å². The molecule has 0 aliphatic carbocycles. The van der Waals surface area contributed by atoms with Gasteiger partial charge in [0.05, 0.1) is 36.6 Å².